The Kier molecular flexibility index (Phi) is 37.6. The van der Waals surface area contributed by atoms with E-state index in [0.29, 0.717) is 19.3 Å². The first kappa shape index (κ1) is 58.1. The molecule has 1 amide bonds. The Labute approximate surface area is 373 Å². The highest BCUT2D eigenvalue weighted by molar-refractivity contribution is 5.80. The number of carbonyl (C=O) groups is 1. The monoisotopic (exact) mass is 874 g/mol. The quantitative estimate of drug-likeness (QED) is 0.0274. The van der Waals surface area contributed by atoms with E-state index < -0.39 is 74.2 Å². The van der Waals surface area contributed by atoms with E-state index in [1.54, 1.807) is 0 Å². The molecule has 364 valence electrons. The molecule has 0 aromatic heterocycles. The van der Waals surface area contributed by atoms with Gasteiger partial charge in [-0.05, 0) is 18.8 Å². The van der Waals surface area contributed by atoms with Gasteiger partial charge in [0.1, 0.15) is 36.6 Å². The largest absolute Gasteiger partial charge is 0.394 e. The Morgan fingerprint density at radius 2 is 0.918 bits per heavy atom. The molecule has 8 N–H and O–H groups in total. The molecule has 0 aliphatic carbocycles. The summed E-state index contributed by atoms with van der Waals surface area (Å²) < 4.78 is 11.1. The summed E-state index contributed by atoms with van der Waals surface area (Å²) in [7, 11) is 0. The lowest BCUT2D eigenvalue weighted by Crippen LogP contribution is -2.60. The molecule has 61 heavy (non-hydrogen) atoms. The van der Waals surface area contributed by atoms with Crippen LogP contribution in [0.15, 0.2) is 0 Å². The number of nitrogens with one attached hydrogen (secondary N) is 1. The first-order chi connectivity index (χ1) is 29.5. The maximum Gasteiger partial charge on any atom is 0.249 e. The van der Waals surface area contributed by atoms with Crippen LogP contribution in [0.2, 0.25) is 0 Å². The highest BCUT2D eigenvalue weighted by Crippen LogP contribution is 2.23. The normalized spacial score (nSPS) is 21.5. The Morgan fingerprint density at radius 1 is 0.541 bits per heavy atom. The van der Waals surface area contributed by atoms with Crippen LogP contribution in [0.25, 0.3) is 0 Å². The molecule has 9 atom stereocenters. The molecule has 0 radical (unpaired) electrons. The Bertz CT molecular complexity index is 973. The first-order valence-electron chi connectivity index (χ1n) is 25.8. The van der Waals surface area contributed by atoms with Crippen LogP contribution in [-0.4, -0.2) is 110 Å². The van der Waals surface area contributed by atoms with Crippen LogP contribution >= 0.6 is 0 Å². The van der Waals surface area contributed by atoms with Crippen molar-refractivity contribution in [1.82, 2.24) is 5.32 Å². The predicted octanol–water partition coefficient (Wildman–Crippen LogP) is 9.31. The molecule has 1 unspecified atom stereocenters. The molecule has 1 heterocycles. The molecule has 0 aromatic carbocycles. The number of ether oxygens (including phenoxy) is 2. The van der Waals surface area contributed by atoms with Crippen LogP contribution in [0.1, 0.15) is 239 Å². The minimum Gasteiger partial charge on any atom is -0.394 e. The van der Waals surface area contributed by atoms with E-state index in [0.717, 1.165) is 44.4 Å². The van der Waals surface area contributed by atoms with Crippen molar-refractivity contribution in [2.24, 2.45) is 5.92 Å². The highest BCUT2D eigenvalue weighted by atomic mass is 16.7. The van der Waals surface area contributed by atoms with Gasteiger partial charge < -0.3 is 50.5 Å². The van der Waals surface area contributed by atoms with E-state index in [1.807, 2.05) is 0 Å². The molecular formula is C50H99NO10. The number of aliphatic hydroxyl groups excluding tert-OH is 7. The summed E-state index contributed by atoms with van der Waals surface area (Å²) in [6.07, 6.45) is 28.9. The van der Waals surface area contributed by atoms with Crippen LogP contribution in [0, 0.1) is 5.92 Å². The molecule has 0 bridgehead atoms. The van der Waals surface area contributed by atoms with Gasteiger partial charge in [-0.15, -0.1) is 0 Å². The van der Waals surface area contributed by atoms with Gasteiger partial charge in [0.05, 0.1) is 25.4 Å². The van der Waals surface area contributed by atoms with Crippen molar-refractivity contribution in [3.8, 4) is 0 Å². The Balaban J connectivity index is 2.31. The van der Waals surface area contributed by atoms with Crippen molar-refractivity contribution in [2.75, 3.05) is 13.2 Å². The van der Waals surface area contributed by atoms with E-state index in [1.165, 1.54) is 154 Å². The molecule has 1 aliphatic rings. The van der Waals surface area contributed by atoms with E-state index >= 15 is 0 Å². The van der Waals surface area contributed by atoms with E-state index in [9.17, 15) is 40.5 Å². The molecule has 0 saturated carbocycles. The summed E-state index contributed by atoms with van der Waals surface area (Å²) in [5.41, 5.74) is 0. The molecule has 1 fully saturated rings. The van der Waals surface area contributed by atoms with Crippen molar-refractivity contribution in [3.05, 3.63) is 0 Å². The lowest BCUT2D eigenvalue weighted by molar-refractivity contribution is -0.303. The molecule has 0 aromatic rings. The number of aliphatic hydroxyl groups is 7. The summed E-state index contributed by atoms with van der Waals surface area (Å²) in [5.74, 6) is 0.0535. The number of amides is 1. The fourth-order valence-corrected chi connectivity index (χ4v) is 8.57. The zero-order chi connectivity index (χ0) is 44.9. The minimum absolute atomic E-state index is 0.266. The second-order valence-electron chi connectivity index (χ2n) is 19.1. The molecular weight excluding hydrogens is 775 g/mol. The van der Waals surface area contributed by atoms with Gasteiger partial charge >= 0.3 is 0 Å². The fourth-order valence-electron chi connectivity index (χ4n) is 8.57. The molecule has 1 aliphatic heterocycles. The number of hydrogen-bond donors (Lipinski definition) is 8. The SMILES string of the molecule is CCCCCCCCCCCCCCCCCCCCCCCCCC(O)C(=O)N[C@@H](CO[C@@H]1O[C@H](CO)[C@@H](O)[C@H](O)[C@H]1O)[C@H](O)[C@H](O)CCCCCCCCCCC(C)C. The smallest absolute Gasteiger partial charge is 0.249 e. The van der Waals surface area contributed by atoms with Crippen LogP contribution in [0.3, 0.4) is 0 Å². The second-order valence-corrected chi connectivity index (χ2v) is 19.1. The van der Waals surface area contributed by atoms with Crippen molar-refractivity contribution in [3.63, 3.8) is 0 Å². The van der Waals surface area contributed by atoms with Crippen LogP contribution < -0.4 is 5.32 Å². The Hall–Kier alpha value is -0.890. The number of carbonyl (C=O) groups excluding carboxylic acids is 1. The highest BCUT2D eigenvalue weighted by Gasteiger charge is 2.44. The minimum atomic E-state index is -1.66. The molecule has 11 nitrogen and oxygen atoms in total. The third kappa shape index (κ3) is 30.0. The summed E-state index contributed by atoms with van der Waals surface area (Å²) in [6, 6.07) is -1.16. The van der Waals surface area contributed by atoms with Crippen molar-refractivity contribution < 1.29 is 50.0 Å². The molecule has 0 spiro atoms. The maximum absolute atomic E-state index is 13.1. The van der Waals surface area contributed by atoms with E-state index in [2.05, 4.69) is 26.1 Å². The van der Waals surface area contributed by atoms with Gasteiger partial charge in [-0.25, -0.2) is 0 Å². The molecule has 1 rings (SSSR count). The average molecular weight is 874 g/mol. The lowest BCUT2D eigenvalue weighted by Gasteiger charge is -2.40. The van der Waals surface area contributed by atoms with Gasteiger partial charge in [0.25, 0.3) is 0 Å². The summed E-state index contributed by atoms with van der Waals surface area (Å²) in [6.45, 7) is 5.73. The molecule has 1 saturated heterocycles. The van der Waals surface area contributed by atoms with Gasteiger partial charge in [-0.1, -0.05) is 226 Å². The third-order valence-electron chi connectivity index (χ3n) is 12.8. The van der Waals surface area contributed by atoms with Gasteiger partial charge in [-0.2, -0.15) is 0 Å². The number of rotatable bonds is 43. The van der Waals surface area contributed by atoms with Gasteiger partial charge in [0.2, 0.25) is 5.91 Å². The predicted molar refractivity (Wildman–Crippen MR) is 247 cm³/mol. The Morgan fingerprint density at radius 3 is 1.31 bits per heavy atom. The topological polar surface area (TPSA) is 189 Å². The summed E-state index contributed by atoms with van der Waals surface area (Å²) in [4.78, 5) is 13.1. The van der Waals surface area contributed by atoms with Crippen LogP contribution in [0.5, 0.6) is 0 Å². The van der Waals surface area contributed by atoms with Crippen molar-refractivity contribution in [1.29, 1.82) is 0 Å². The van der Waals surface area contributed by atoms with Crippen molar-refractivity contribution >= 4 is 5.91 Å². The number of unbranched alkanes of at least 4 members (excludes halogenated alkanes) is 29. The summed E-state index contributed by atoms with van der Waals surface area (Å²) >= 11 is 0. The third-order valence-corrected chi connectivity index (χ3v) is 12.8. The van der Waals surface area contributed by atoms with Crippen molar-refractivity contribution in [2.45, 2.75) is 294 Å². The average Bonchev–Trinajstić information content (AvgIpc) is 3.25. The first-order valence-corrected chi connectivity index (χ1v) is 25.8. The number of hydrogen-bond acceptors (Lipinski definition) is 10. The zero-order valence-corrected chi connectivity index (χ0v) is 39.6. The maximum atomic E-state index is 13.1. The van der Waals surface area contributed by atoms with Crippen LogP contribution in [-0.2, 0) is 14.3 Å². The van der Waals surface area contributed by atoms with Crippen LogP contribution in [0.4, 0.5) is 0 Å². The van der Waals surface area contributed by atoms with Gasteiger partial charge in [0.15, 0.2) is 6.29 Å². The van der Waals surface area contributed by atoms with Gasteiger partial charge in [-0.3, -0.25) is 4.79 Å². The standard InChI is InChI=1S/C50H99NO10/c1-4-5-6-7-8-9-10-11-12-13-14-15-16-17-18-19-20-21-22-23-28-31-34-37-43(54)49(59)51-41(39-60-50-48(58)47(57)46(56)44(38-52)61-50)45(55)42(53)36-33-30-27-25-24-26-29-32-35-40(2)3/h40-48,50,52-58H,4-39H2,1-3H3,(H,51,59)/t41-,42+,43?,44+,45-,46+,47-,48+,50+/m0/s1. The molecule has 11 heteroatoms. The second kappa shape index (κ2) is 39.5. The fraction of sp³-hybridized carbons (Fsp3) is 0.980. The van der Waals surface area contributed by atoms with E-state index in [4.69, 9.17) is 9.47 Å². The lowest BCUT2D eigenvalue weighted by atomic mass is 9.98. The zero-order valence-electron chi connectivity index (χ0n) is 39.6. The van der Waals surface area contributed by atoms with Gasteiger partial charge in [0, 0.05) is 0 Å². The van der Waals surface area contributed by atoms with E-state index in [-0.39, 0.29) is 6.42 Å². The summed E-state index contributed by atoms with van der Waals surface area (Å²) in [5, 5.41) is 75.7.